The van der Waals surface area contributed by atoms with Gasteiger partial charge in [-0.3, -0.25) is 14.5 Å². The van der Waals surface area contributed by atoms with Gasteiger partial charge in [0, 0.05) is 24.2 Å². The van der Waals surface area contributed by atoms with E-state index in [1.807, 2.05) is 48.9 Å². The lowest BCUT2D eigenvalue weighted by Gasteiger charge is -2.14. The van der Waals surface area contributed by atoms with Gasteiger partial charge in [0.05, 0.1) is 18.5 Å². The molecule has 0 radical (unpaired) electrons. The van der Waals surface area contributed by atoms with E-state index in [0.717, 1.165) is 41.9 Å². The molecule has 7 nitrogen and oxygen atoms in total. The highest BCUT2D eigenvalue weighted by Crippen LogP contribution is 2.29. The van der Waals surface area contributed by atoms with Crippen LogP contribution in [0, 0.1) is 13.8 Å². The van der Waals surface area contributed by atoms with E-state index < -0.39 is 6.04 Å². The Balaban J connectivity index is 1.68. The third kappa shape index (κ3) is 4.48. The van der Waals surface area contributed by atoms with Crippen LogP contribution in [0.2, 0.25) is 0 Å². The molecular formula is C21H26N4O3S. The van der Waals surface area contributed by atoms with Crippen molar-refractivity contribution in [3.05, 3.63) is 47.3 Å². The molecule has 29 heavy (non-hydrogen) atoms. The summed E-state index contributed by atoms with van der Waals surface area (Å²) in [4.78, 5) is 25.8. The van der Waals surface area contributed by atoms with Crippen molar-refractivity contribution in [2.45, 2.75) is 45.6 Å². The van der Waals surface area contributed by atoms with Crippen LogP contribution in [0.1, 0.15) is 48.7 Å². The maximum atomic E-state index is 13.0. The first-order valence-corrected chi connectivity index (χ1v) is 10.1. The predicted octanol–water partition coefficient (Wildman–Crippen LogP) is 2.98. The van der Waals surface area contributed by atoms with Crippen LogP contribution in [0.25, 0.3) is 5.69 Å². The fraction of sp³-hybridized carbons (Fsp3) is 0.429. The number of nitrogens with one attached hydrogen (secondary N) is 1. The Kier molecular flexibility index (Phi) is 6.64. The second-order valence-electron chi connectivity index (χ2n) is 7.09. The topological polar surface area (TPSA) is 76.5 Å². The SMILES string of the molecule is COC(=O)CCCCCN1C(=O)[C@H](c2c(C)nn(-c3ccccc3)c2C)NC1=S. The van der Waals surface area contributed by atoms with Crippen molar-refractivity contribution < 1.29 is 14.3 Å². The number of para-hydroxylation sites is 1. The normalized spacial score (nSPS) is 16.2. The van der Waals surface area contributed by atoms with Gasteiger partial charge in [-0.2, -0.15) is 5.10 Å². The Morgan fingerprint density at radius 1 is 1.21 bits per heavy atom. The molecule has 2 heterocycles. The molecule has 1 aromatic carbocycles. The highest BCUT2D eigenvalue weighted by atomic mass is 32.1. The van der Waals surface area contributed by atoms with Crippen molar-refractivity contribution in [3.8, 4) is 5.69 Å². The zero-order valence-electron chi connectivity index (χ0n) is 17.0. The second-order valence-corrected chi connectivity index (χ2v) is 7.48. The number of nitrogens with zero attached hydrogens (tertiary/aromatic N) is 3. The Labute approximate surface area is 176 Å². The number of unbranched alkanes of at least 4 members (excludes halogenated alkanes) is 2. The average Bonchev–Trinajstić information content (AvgIpc) is 3.17. The molecule has 0 aliphatic carbocycles. The molecule has 0 bridgehead atoms. The molecule has 1 aliphatic rings. The zero-order chi connectivity index (χ0) is 21.0. The standard InChI is InChI=1S/C21H26N4O3S/c1-14-18(15(2)25(23-14)16-10-6-4-7-11-16)19-20(27)24(21(29)22-19)13-9-5-8-12-17(26)28-3/h4,6-7,10-11,19H,5,8-9,12-13H2,1-3H3,(H,22,29)/t19-/m0/s1. The van der Waals surface area contributed by atoms with Crippen molar-refractivity contribution in [1.29, 1.82) is 0 Å². The van der Waals surface area contributed by atoms with Crippen LogP contribution >= 0.6 is 12.2 Å². The van der Waals surface area contributed by atoms with Gasteiger partial charge in [-0.1, -0.05) is 24.6 Å². The molecule has 0 spiro atoms. The average molecular weight is 415 g/mol. The zero-order valence-corrected chi connectivity index (χ0v) is 17.8. The highest BCUT2D eigenvalue weighted by Gasteiger charge is 2.39. The first kappa shape index (κ1) is 21.0. The third-order valence-electron chi connectivity index (χ3n) is 5.15. The summed E-state index contributed by atoms with van der Waals surface area (Å²) < 4.78 is 6.50. The van der Waals surface area contributed by atoms with Crippen LogP contribution in [0.5, 0.6) is 0 Å². The number of aryl methyl sites for hydroxylation is 1. The summed E-state index contributed by atoms with van der Waals surface area (Å²) in [7, 11) is 1.39. The molecular weight excluding hydrogens is 388 g/mol. The Bertz CT molecular complexity index is 910. The van der Waals surface area contributed by atoms with Gasteiger partial charge in [0.15, 0.2) is 5.11 Å². The number of carbonyl (C=O) groups excluding carboxylic acids is 2. The van der Waals surface area contributed by atoms with E-state index in [9.17, 15) is 9.59 Å². The Morgan fingerprint density at radius 3 is 2.62 bits per heavy atom. The van der Waals surface area contributed by atoms with E-state index in [1.165, 1.54) is 7.11 Å². The summed E-state index contributed by atoms with van der Waals surface area (Å²) in [5.41, 5.74) is 3.55. The number of aromatic nitrogens is 2. The third-order valence-corrected chi connectivity index (χ3v) is 5.49. The van der Waals surface area contributed by atoms with Gasteiger partial charge >= 0.3 is 5.97 Å². The first-order chi connectivity index (χ1) is 13.9. The number of methoxy groups -OCH3 is 1. The monoisotopic (exact) mass is 414 g/mol. The van der Waals surface area contributed by atoms with Crippen LogP contribution in [-0.2, 0) is 14.3 Å². The van der Waals surface area contributed by atoms with Crippen molar-refractivity contribution in [3.63, 3.8) is 0 Å². The van der Waals surface area contributed by atoms with Gasteiger partial charge in [0.1, 0.15) is 6.04 Å². The van der Waals surface area contributed by atoms with Crippen LogP contribution in [-0.4, -0.2) is 45.3 Å². The molecule has 1 saturated heterocycles. The molecule has 1 N–H and O–H groups in total. The van der Waals surface area contributed by atoms with Crippen LogP contribution < -0.4 is 5.32 Å². The number of hydrogen-bond donors (Lipinski definition) is 1. The van der Waals surface area contributed by atoms with E-state index in [4.69, 9.17) is 12.2 Å². The number of ether oxygens (including phenoxy) is 1. The molecule has 1 aromatic heterocycles. The van der Waals surface area contributed by atoms with Crippen molar-refractivity contribution in [2.75, 3.05) is 13.7 Å². The summed E-state index contributed by atoms with van der Waals surface area (Å²) in [6.45, 7) is 4.42. The lowest BCUT2D eigenvalue weighted by molar-refractivity contribution is -0.140. The molecule has 3 rings (SSSR count). The summed E-state index contributed by atoms with van der Waals surface area (Å²) in [5, 5.41) is 8.25. The molecule has 1 fully saturated rings. The van der Waals surface area contributed by atoms with E-state index in [2.05, 4.69) is 15.2 Å². The van der Waals surface area contributed by atoms with Crippen molar-refractivity contribution in [2.24, 2.45) is 0 Å². The van der Waals surface area contributed by atoms with Gasteiger partial charge in [-0.25, -0.2) is 4.68 Å². The molecule has 154 valence electrons. The number of thiocarbonyl (C=S) groups is 1. The van der Waals surface area contributed by atoms with E-state index in [-0.39, 0.29) is 11.9 Å². The van der Waals surface area contributed by atoms with Gasteiger partial charge in [0.2, 0.25) is 0 Å². The van der Waals surface area contributed by atoms with Crippen LogP contribution in [0.3, 0.4) is 0 Å². The van der Waals surface area contributed by atoms with Crippen LogP contribution in [0.4, 0.5) is 0 Å². The van der Waals surface area contributed by atoms with Gasteiger partial charge in [-0.15, -0.1) is 0 Å². The summed E-state index contributed by atoms with van der Waals surface area (Å²) in [5.74, 6) is -0.261. The van der Waals surface area contributed by atoms with E-state index >= 15 is 0 Å². The maximum absolute atomic E-state index is 13.0. The highest BCUT2D eigenvalue weighted by molar-refractivity contribution is 7.80. The summed E-state index contributed by atoms with van der Waals surface area (Å²) in [6, 6.07) is 9.33. The number of amides is 1. The van der Waals surface area contributed by atoms with Gasteiger partial charge in [-0.05, 0) is 51.0 Å². The number of esters is 1. The van der Waals surface area contributed by atoms with E-state index in [0.29, 0.717) is 18.1 Å². The minimum absolute atomic E-state index is 0.0539. The van der Waals surface area contributed by atoms with Crippen molar-refractivity contribution >= 4 is 29.2 Å². The molecule has 2 aromatic rings. The number of carbonyl (C=O) groups is 2. The number of benzene rings is 1. The van der Waals surface area contributed by atoms with Gasteiger partial charge in [0.25, 0.3) is 5.91 Å². The first-order valence-electron chi connectivity index (χ1n) is 9.74. The molecule has 1 amide bonds. The quantitative estimate of drug-likeness (QED) is 0.407. The Hall–Kier alpha value is -2.74. The smallest absolute Gasteiger partial charge is 0.305 e. The van der Waals surface area contributed by atoms with Crippen molar-refractivity contribution in [1.82, 2.24) is 20.0 Å². The molecule has 1 aliphatic heterocycles. The minimum atomic E-state index is -0.518. The van der Waals surface area contributed by atoms with Gasteiger partial charge < -0.3 is 10.1 Å². The van der Waals surface area contributed by atoms with Crippen LogP contribution in [0.15, 0.2) is 30.3 Å². The maximum Gasteiger partial charge on any atom is 0.305 e. The van der Waals surface area contributed by atoms with E-state index in [1.54, 1.807) is 4.90 Å². The number of hydrogen-bond acceptors (Lipinski definition) is 5. The summed E-state index contributed by atoms with van der Waals surface area (Å²) in [6.07, 6.45) is 2.74. The lowest BCUT2D eigenvalue weighted by atomic mass is 10.0. The fourth-order valence-corrected chi connectivity index (χ4v) is 3.94. The molecule has 1 atom stereocenters. The lowest BCUT2D eigenvalue weighted by Crippen LogP contribution is -2.31. The Morgan fingerprint density at radius 2 is 1.93 bits per heavy atom. The number of rotatable bonds is 8. The second kappa shape index (κ2) is 9.17. The largest absolute Gasteiger partial charge is 0.469 e. The molecule has 8 heteroatoms. The predicted molar refractivity (Wildman–Crippen MR) is 114 cm³/mol. The molecule has 0 saturated carbocycles. The minimum Gasteiger partial charge on any atom is -0.469 e. The summed E-state index contributed by atoms with van der Waals surface area (Å²) >= 11 is 5.41. The fourth-order valence-electron chi connectivity index (χ4n) is 3.64. The molecule has 0 unspecified atom stereocenters.